The number of isothiocyanates is 1. The number of ether oxygens (including phenoxy) is 3. The van der Waals surface area contributed by atoms with Crippen LogP contribution in [0.1, 0.15) is 90.5 Å². The third-order valence-corrected chi connectivity index (χ3v) is 16.3. The van der Waals surface area contributed by atoms with Crippen LogP contribution in [0.15, 0.2) is 47.5 Å². The van der Waals surface area contributed by atoms with E-state index in [9.17, 15) is 73.5 Å². The van der Waals surface area contributed by atoms with Crippen molar-refractivity contribution in [1.82, 2.24) is 40.9 Å². The third-order valence-electron chi connectivity index (χ3n) is 14.7. The fourth-order valence-electron chi connectivity index (χ4n) is 10.7. The lowest BCUT2D eigenvalue weighted by molar-refractivity contribution is -0.146. The monoisotopic (exact) mass is 1260 g/mol. The number of rotatable bonds is 42. The second-order valence-corrected chi connectivity index (χ2v) is 22.8. The standard InChI is InChI=1S/C57H80N10O18S2/c1-64(48(69)11-5-4-10-46-54-43(35-87-46)62-57(82)63-54)29-47(68)58-16-6-18-83-20-22-85-23-21-84-19-7-17-59-55(80)38-25-39(27-41(26-38)60-36-86)56(81)61-40-14-12-37(13-15-40)24-42(65(30-49(70)71)31-50(72)73)28-66(32-51(74)75)44-8-2-3-9-45(44)67(33-52(76)77)34-53(78)79/h12-15,25-27,42-46,54H,2-11,16-24,28-35H2,1H3,(H,58,68)(H,59,80)(H,61,81)(H,70,71)(H,72,73)(H,74,75)(H,76,77)(H,78,79)(H2,62,63,82). The van der Waals surface area contributed by atoms with Crippen molar-refractivity contribution in [3.8, 4) is 0 Å². The lowest BCUT2D eigenvalue weighted by Crippen LogP contribution is -2.59. The van der Waals surface area contributed by atoms with Gasteiger partial charge in [-0.1, -0.05) is 31.4 Å². The van der Waals surface area contributed by atoms with E-state index >= 15 is 0 Å². The molecule has 2 saturated heterocycles. The fourth-order valence-corrected chi connectivity index (χ4v) is 12.4. The van der Waals surface area contributed by atoms with Crippen molar-refractivity contribution in [2.45, 2.75) is 106 Å². The number of fused-ring (bicyclic) bond motifs is 1. The second-order valence-electron chi connectivity index (χ2n) is 21.4. The minimum atomic E-state index is -1.35. The van der Waals surface area contributed by atoms with Crippen molar-refractivity contribution < 1.29 is 87.7 Å². The zero-order valence-corrected chi connectivity index (χ0v) is 50.3. The number of carbonyl (C=O) groups excluding carboxylic acids is 5. The van der Waals surface area contributed by atoms with E-state index in [1.807, 2.05) is 11.8 Å². The van der Waals surface area contributed by atoms with Crippen molar-refractivity contribution in [1.29, 1.82) is 0 Å². The number of hydrogen-bond acceptors (Lipinski definition) is 19. The van der Waals surface area contributed by atoms with Crippen LogP contribution in [0.25, 0.3) is 0 Å². The molecule has 0 bridgehead atoms. The van der Waals surface area contributed by atoms with E-state index in [2.05, 4.69) is 36.7 Å². The second kappa shape index (κ2) is 37.5. The van der Waals surface area contributed by atoms with Crippen LogP contribution >= 0.6 is 24.0 Å². The van der Waals surface area contributed by atoms with Gasteiger partial charge in [-0.3, -0.25) is 57.9 Å². The summed E-state index contributed by atoms with van der Waals surface area (Å²) in [7, 11) is 1.62. The molecule has 2 aromatic carbocycles. The highest BCUT2D eigenvalue weighted by Gasteiger charge is 2.43. The molecule has 2 aliphatic heterocycles. The highest BCUT2D eigenvalue weighted by atomic mass is 32.2. The largest absolute Gasteiger partial charge is 0.480 e. The summed E-state index contributed by atoms with van der Waals surface area (Å²) in [5.74, 6) is -7.07. The Morgan fingerprint density at radius 3 is 1.83 bits per heavy atom. The molecule has 1 aliphatic carbocycles. The first-order valence-electron chi connectivity index (χ1n) is 28.8. The van der Waals surface area contributed by atoms with E-state index in [1.165, 1.54) is 37.8 Å². The Bertz CT molecular complexity index is 2690. The molecule has 2 aromatic rings. The van der Waals surface area contributed by atoms with Gasteiger partial charge < -0.3 is 71.2 Å². The Balaban J connectivity index is 1.01. The predicted molar refractivity (Wildman–Crippen MR) is 321 cm³/mol. The topological polar surface area (TPSA) is 385 Å². The molecule has 6 amide bonds. The normalized spacial score (nSPS) is 18.2. The maximum Gasteiger partial charge on any atom is 0.317 e. The Hall–Kier alpha value is -7.15. The number of anilines is 1. The molecule has 0 radical (unpaired) electrons. The average molecular weight is 1260 g/mol. The molecule has 0 aromatic heterocycles. The third kappa shape index (κ3) is 25.6. The number of carbonyl (C=O) groups is 10. The number of carboxylic acids is 5. The first-order valence-corrected chi connectivity index (χ1v) is 30.3. The molecule has 5 rings (SSSR count). The van der Waals surface area contributed by atoms with Crippen LogP contribution in [0.3, 0.4) is 0 Å². The van der Waals surface area contributed by atoms with Crippen molar-refractivity contribution in [3.05, 3.63) is 59.2 Å². The van der Waals surface area contributed by atoms with E-state index in [4.69, 9.17) is 26.4 Å². The van der Waals surface area contributed by atoms with Gasteiger partial charge in [0.05, 0.1) is 88.6 Å². The summed E-state index contributed by atoms with van der Waals surface area (Å²) in [4.78, 5) is 133. The van der Waals surface area contributed by atoms with E-state index in [0.29, 0.717) is 108 Å². The fraction of sp³-hybridized carbons (Fsp3) is 0.596. The van der Waals surface area contributed by atoms with Crippen molar-refractivity contribution >= 4 is 100 Å². The number of thioether (sulfide) groups is 1. The van der Waals surface area contributed by atoms with Crippen molar-refractivity contribution in [2.24, 2.45) is 4.99 Å². The summed E-state index contributed by atoms with van der Waals surface area (Å²) < 4.78 is 16.8. The first kappa shape index (κ1) is 70.6. The highest BCUT2D eigenvalue weighted by Crippen LogP contribution is 2.33. The number of unbranched alkanes of at least 4 members (excludes halogenated alkanes) is 1. The van der Waals surface area contributed by atoms with Crippen LogP contribution < -0.4 is 26.6 Å². The number of likely N-dealkylation sites (N-methyl/N-ethyl adjacent to an activating group) is 1. The summed E-state index contributed by atoms with van der Waals surface area (Å²) in [5, 5.41) is 65.9. The molecule has 1 saturated carbocycles. The maximum absolute atomic E-state index is 13.7. The van der Waals surface area contributed by atoms with Gasteiger partial charge in [0.1, 0.15) is 0 Å². The Labute approximate surface area is 513 Å². The lowest BCUT2D eigenvalue weighted by atomic mass is 9.87. The molecule has 6 atom stereocenters. The van der Waals surface area contributed by atoms with Crippen LogP contribution in [0.2, 0.25) is 0 Å². The Morgan fingerprint density at radius 2 is 1.24 bits per heavy atom. The number of thiocarbonyl (C=S) groups is 1. The van der Waals surface area contributed by atoms with Crippen LogP contribution in [0, 0.1) is 0 Å². The number of benzene rings is 2. The smallest absolute Gasteiger partial charge is 0.317 e. The van der Waals surface area contributed by atoms with Crippen molar-refractivity contribution in [2.75, 3.05) is 117 Å². The quantitative estimate of drug-likeness (QED) is 0.0197. The number of nitrogens with zero attached hydrogens (tertiary/aromatic N) is 5. The van der Waals surface area contributed by atoms with Crippen LogP contribution in [0.4, 0.5) is 16.2 Å². The van der Waals surface area contributed by atoms with E-state index in [1.54, 1.807) is 31.3 Å². The average Bonchev–Trinajstić information content (AvgIpc) is 2.63. The SMILES string of the molecule is CN(CC(=O)NCCCOCCOCCOCCCNC(=O)c1cc(N=C=S)cc(C(=O)Nc2ccc(CC(CN(CC(=O)O)C3CCCCC3N(CC(=O)O)CC(=O)O)N(CC(=O)O)CC(=O)O)cc2)c1)C(=O)CCCCC1SCC2NC(=O)NC21. The van der Waals surface area contributed by atoms with E-state index < -0.39 is 92.5 Å². The number of amides is 6. The molecule has 0 spiro atoms. The molecule has 2 heterocycles. The molecule has 3 aliphatic rings. The summed E-state index contributed by atoms with van der Waals surface area (Å²) >= 11 is 6.63. The molecular formula is C57H80N10O18S2. The van der Waals surface area contributed by atoms with Gasteiger partial charge >= 0.3 is 35.9 Å². The minimum Gasteiger partial charge on any atom is -0.480 e. The summed E-state index contributed by atoms with van der Waals surface area (Å²) in [6.45, 7) is -0.858. The number of urea groups is 1. The Kier molecular flexibility index (Phi) is 30.5. The summed E-state index contributed by atoms with van der Waals surface area (Å²) in [6.07, 6.45) is 5.84. The first-order chi connectivity index (χ1) is 41.7. The van der Waals surface area contributed by atoms with Gasteiger partial charge in [-0.2, -0.15) is 16.8 Å². The van der Waals surface area contributed by atoms with Crippen molar-refractivity contribution in [3.63, 3.8) is 0 Å². The molecule has 30 heteroatoms. The van der Waals surface area contributed by atoms with Crippen LogP contribution in [0.5, 0.6) is 0 Å². The lowest BCUT2D eigenvalue weighted by Gasteiger charge is -2.45. The maximum atomic E-state index is 13.7. The molecule has 3 fully saturated rings. The molecule has 478 valence electrons. The number of carboxylic acid groups (broad SMARTS) is 5. The number of hydrogen-bond donors (Lipinski definition) is 10. The summed E-state index contributed by atoms with van der Waals surface area (Å²) in [5.41, 5.74) is 1.21. The Morgan fingerprint density at radius 1 is 0.690 bits per heavy atom. The van der Waals surface area contributed by atoms with E-state index in [0.717, 1.165) is 25.0 Å². The molecule has 28 nitrogen and oxygen atoms in total. The van der Waals surface area contributed by atoms with Crippen LogP contribution in [-0.4, -0.2) is 257 Å². The molecule has 10 N–H and O–H groups in total. The molecular weight excluding hydrogens is 1180 g/mol. The minimum absolute atomic E-state index is 0.00421. The molecule has 87 heavy (non-hydrogen) atoms. The van der Waals surface area contributed by atoms with Gasteiger partial charge in [-0.25, -0.2) is 4.79 Å². The number of aliphatic carboxylic acids is 5. The number of aliphatic imine (C=N–C) groups is 1. The zero-order valence-electron chi connectivity index (χ0n) is 48.7. The van der Waals surface area contributed by atoms with Gasteiger partial charge in [0.25, 0.3) is 11.8 Å². The van der Waals surface area contributed by atoms with Crippen LogP contribution in [-0.2, 0) is 54.2 Å². The van der Waals surface area contributed by atoms with Gasteiger partial charge in [0, 0.05) is 92.3 Å². The van der Waals surface area contributed by atoms with Gasteiger partial charge in [-0.05, 0) is 93.1 Å². The summed E-state index contributed by atoms with van der Waals surface area (Å²) in [6, 6.07) is 8.44. The molecule has 6 unspecified atom stereocenters. The van der Waals surface area contributed by atoms with Gasteiger partial charge in [0.15, 0.2) is 0 Å². The predicted octanol–water partition coefficient (Wildman–Crippen LogP) is 2.08. The van der Waals surface area contributed by atoms with Gasteiger partial charge in [-0.15, -0.1) is 0 Å². The highest BCUT2D eigenvalue weighted by molar-refractivity contribution is 8.00. The van der Waals surface area contributed by atoms with Gasteiger partial charge in [0.2, 0.25) is 11.8 Å². The zero-order chi connectivity index (χ0) is 63.3. The van der Waals surface area contributed by atoms with E-state index in [-0.39, 0.29) is 72.8 Å². The number of nitrogens with one attached hydrogen (secondary N) is 5.